The number of nitrogens with zero attached hydrogens (tertiary/aromatic N) is 3. The van der Waals surface area contributed by atoms with Crippen LogP contribution in [0.2, 0.25) is 0 Å². The molecule has 0 saturated heterocycles. The van der Waals surface area contributed by atoms with Crippen LogP contribution in [0.1, 0.15) is 28.5 Å². The zero-order valence-electron chi connectivity index (χ0n) is 14.3. The van der Waals surface area contributed by atoms with E-state index in [1.807, 2.05) is 42.7 Å². The number of carbonyl (C=O) groups is 1. The van der Waals surface area contributed by atoms with E-state index in [2.05, 4.69) is 34.7 Å². The van der Waals surface area contributed by atoms with Gasteiger partial charge in [-0.25, -0.2) is 4.68 Å². The zero-order valence-corrected chi connectivity index (χ0v) is 15.1. The van der Waals surface area contributed by atoms with Crippen LogP contribution in [0.3, 0.4) is 0 Å². The first kappa shape index (κ1) is 17.2. The van der Waals surface area contributed by atoms with E-state index in [0.29, 0.717) is 12.2 Å². The lowest BCUT2D eigenvalue weighted by molar-refractivity contribution is 0.0946. The summed E-state index contributed by atoms with van der Waals surface area (Å²) in [6, 6.07) is 16.2. The molecule has 25 heavy (non-hydrogen) atoms. The van der Waals surface area contributed by atoms with E-state index in [-0.39, 0.29) is 5.91 Å². The first-order valence-corrected chi connectivity index (χ1v) is 9.35. The lowest BCUT2D eigenvalue weighted by Crippen LogP contribution is -2.23. The molecule has 2 aromatic carbocycles. The number of benzene rings is 2. The number of nitrogens with one attached hydrogen (secondary N) is 1. The molecule has 1 heterocycles. The summed E-state index contributed by atoms with van der Waals surface area (Å²) < 4.78 is 1.61. The summed E-state index contributed by atoms with van der Waals surface area (Å²) in [6.45, 7) is 2.58. The third-order valence-electron chi connectivity index (χ3n) is 3.95. The molecule has 0 bridgehead atoms. The Balaban J connectivity index is 1.63. The van der Waals surface area contributed by atoms with E-state index in [1.165, 1.54) is 10.5 Å². The van der Waals surface area contributed by atoms with Crippen molar-refractivity contribution in [1.29, 1.82) is 0 Å². The fourth-order valence-corrected chi connectivity index (χ4v) is 2.80. The third kappa shape index (κ3) is 4.28. The number of rotatable bonds is 6. The van der Waals surface area contributed by atoms with Crippen LogP contribution >= 0.6 is 11.8 Å². The highest BCUT2D eigenvalue weighted by Crippen LogP contribution is 2.15. The second-order valence-corrected chi connectivity index (χ2v) is 6.48. The second-order valence-electron chi connectivity index (χ2n) is 5.60. The van der Waals surface area contributed by atoms with Crippen LogP contribution < -0.4 is 5.32 Å². The molecule has 0 aliphatic heterocycles. The van der Waals surface area contributed by atoms with E-state index in [0.717, 1.165) is 17.7 Å². The molecule has 1 amide bonds. The van der Waals surface area contributed by atoms with Crippen molar-refractivity contribution in [3.05, 3.63) is 71.5 Å². The van der Waals surface area contributed by atoms with Crippen LogP contribution in [-0.4, -0.2) is 27.2 Å². The van der Waals surface area contributed by atoms with Gasteiger partial charge in [0.1, 0.15) is 0 Å². The Labute approximate surface area is 151 Å². The smallest absolute Gasteiger partial charge is 0.273 e. The highest BCUT2D eigenvalue weighted by molar-refractivity contribution is 7.98. The van der Waals surface area contributed by atoms with Gasteiger partial charge in [0.05, 0.1) is 11.9 Å². The molecule has 3 aromatic rings. The molecule has 0 unspecified atom stereocenters. The van der Waals surface area contributed by atoms with E-state index in [1.54, 1.807) is 22.6 Å². The molecule has 1 N–H and O–H groups in total. The number of hydrogen-bond acceptors (Lipinski definition) is 4. The van der Waals surface area contributed by atoms with Crippen molar-refractivity contribution in [2.75, 3.05) is 6.26 Å². The first-order chi connectivity index (χ1) is 12.2. The molecular weight excluding hydrogens is 332 g/mol. The fourth-order valence-electron chi connectivity index (χ4n) is 2.39. The minimum absolute atomic E-state index is 0.231. The summed E-state index contributed by atoms with van der Waals surface area (Å²) in [5.74, 6) is -0.231. The van der Waals surface area contributed by atoms with Crippen molar-refractivity contribution >= 4 is 17.7 Å². The maximum atomic E-state index is 12.3. The van der Waals surface area contributed by atoms with Crippen molar-refractivity contribution in [3.8, 4) is 5.69 Å². The number of carbonyl (C=O) groups excluding carboxylic acids is 1. The average molecular weight is 352 g/mol. The molecular formula is C19H20N4OS. The van der Waals surface area contributed by atoms with Crippen LogP contribution in [0.4, 0.5) is 0 Å². The summed E-state index contributed by atoms with van der Waals surface area (Å²) in [7, 11) is 0. The largest absolute Gasteiger partial charge is 0.347 e. The maximum Gasteiger partial charge on any atom is 0.273 e. The lowest BCUT2D eigenvalue weighted by Gasteiger charge is -2.04. The summed E-state index contributed by atoms with van der Waals surface area (Å²) in [5.41, 5.74) is 3.50. The van der Waals surface area contributed by atoms with Crippen molar-refractivity contribution < 1.29 is 4.79 Å². The molecule has 0 radical (unpaired) electrons. The topological polar surface area (TPSA) is 59.8 Å². The van der Waals surface area contributed by atoms with Crippen LogP contribution in [-0.2, 0) is 13.0 Å². The van der Waals surface area contributed by atoms with Gasteiger partial charge in [-0.2, -0.15) is 0 Å². The first-order valence-electron chi connectivity index (χ1n) is 8.12. The van der Waals surface area contributed by atoms with Gasteiger partial charge in [0.15, 0.2) is 5.69 Å². The quantitative estimate of drug-likeness (QED) is 0.690. The molecule has 1 aromatic heterocycles. The van der Waals surface area contributed by atoms with E-state index in [9.17, 15) is 4.79 Å². The van der Waals surface area contributed by atoms with Gasteiger partial charge in [-0.05, 0) is 48.1 Å². The van der Waals surface area contributed by atoms with Crippen LogP contribution in [0.5, 0.6) is 0 Å². The van der Waals surface area contributed by atoms with E-state index in [4.69, 9.17) is 0 Å². The van der Waals surface area contributed by atoms with Crippen molar-refractivity contribution in [2.24, 2.45) is 0 Å². The van der Waals surface area contributed by atoms with Gasteiger partial charge < -0.3 is 5.32 Å². The molecule has 128 valence electrons. The van der Waals surface area contributed by atoms with Crippen molar-refractivity contribution in [2.45, 2.75) is 24.8 Å². The highest BCUT2D eigenvalue weighted by atomic mass is 32.2. The summed E-state index contributed by atoms with van der Waals surface area (Å²) in [4.78, 5) is 13.5. The van der Waals surface area contributed by atoms with E-state index < -0.39 is 0 Å². The third-order valence-corrected chi connectivity index (χ3v) is 4.69. The Hall–Kier alpha value is -2.60. The average Bonchev–Trinajstić information content (AvgIpc) is 3.17. The van der Waals surface area contributed by atoms with Gasteiger partial charge in [0.25, 0.3) is 5.91 Å². The number of amides is 1. The summed E-state index contributed by atoms with van der Waals surface area (Å²) in [6.07, 6.45) is 4.67. The molecule has 0 saturated carbocycles. The van der Waals surface area contributed by atoms with E-state index >= 15 is 0 Å². The minimum Gasteiger partial charge on any atom is -0.347 e. The van der Waals surface area contributed by atoms with Crippen LogP contribution in [0.15, 0.2) is 59.6 Å². The van der Waals surface area contributed by atoms with Crippen molar-refractivity contribution in [1.82, 2.24) is 20.3 Å². The predicted molar refractivity (Wildman–Crippen MR) is 100 cm³/mol. The number of hydrogen-bond donors (Lipinski definition) is 1. The Morgan fingerprint density at radius 3 is 2.40 bits per heavy atom. The summed E-state index contributed by atoms with van der Waals surface area (Å²) in [5, 5.41) is 10.9. The Kier molecular flexibility index (Phi) is 5.50. The normalized spacial score (nSPS) is 10.6. The Bertz CT molecular complexity index is 841. The predicted octanol–water partition coefficient (Wildman–Crippen LogP) is 3.48. The zero-order chi connectivity index (χ0) is 17.6. The summed E-state index contributed by atoms with van der Waals surface area (Å²) >= 11 is 1.69. The van der Waals surface area contributed by atoms with Gasteiger partial charge >= 0.3 is 0 Å². The minimum atomic E-state index is -0.231. The van der Waals surface area contributed by atoms with Gasteiger partial charge in [0, 0.05) is 11.4 Å². The number of aryl methyl sites for hydroxylation is 1. The molecule has 3 rings (SSSR count). The molecule has 0 atom stereocenters. The van der Waals surface area contributed by atoms with Crippen LogP contribution in [0.25, 0.3) is 5.69 Å². The standard InChI is InChI=1S/C19H20N4OS/c1-3-14-4-8-16(9-5-14)23-13-18(21-22-23)19(24)20-12-15-6-10-17(25-2)11-7-15/h4-11,13H,3,12H2,1-2H3,(H,20,24). The molecule has 0 aliphatic carbocycles. The molecule has 5 nitrogen and oxygen atoms in total. The maximum absolute atomic E-state index is 12.3. The number of thioether (sulfide) groups is 1. The SMILES string of the molecule is CCc1ccc(-n2cc(C(=O)NCc3ccc(SC)cc3)nn2)cc1. The van der Waals surface area contributed by atoms with Gasteiger partial charge in [-0.15, -0.1) is 16.9 Å². The Morgan fingerprint density at radius 2 is 1.76 bits per heavy atom. The fraction of sp³-hybridized carbons (Fsp3) is 0.211. The number of aromatic nitrogens is 3. The monoisotopic (exact) mass is 352 g/mol. The molecule has 6 heteroatoms. The van der Waals surface area contributed by atoms with Gasteiger partial charge in [0.2, 0.25) is 0 Å². The molecule has 0 fully saturated rings. The Morgan fingerprint density at radius 1 is 1.08 bits per heavy atom. The van der Waals surface area contributed by atoms with Gasteiger partial charge in [-0.3, -0.25) is 4.79 Å². The van der Waals surface area contributed by atoms with Crippen molar-refractivity contribution in [3.63, 3.8) is 0 Å². The second kappa shape index (κ2) is 7.98. The molecule has 0 aliphatic rings. The highest BCUT2D eigenvalue weighted by Gasteiger charge is 2.11. The van der Waals surface area contributed by atoms with Crippen LogP contribution in [0, 0.1) is 0 Å². The lowest BCUT2D eigenvalue weighted by atomic mass is 10.1. The van der Waals surface area contributed by atoms with Gasteiger partial charge in [-0.1, -0.05) is 36.4 Å². The molecule has 0 spiro atoms.